The van der Waals surface area contributed by atoms with Crippen molar-refractivity contribution < 1.29 is 0 Å². The van der Waals surface area contributed by atoms with Crippen molar-refractivity contribution in [1.82, 2.24) is 20.2 Å². The molecule has 0 spiro atoms. The fraction of sp³-hybridized carbons (Fsp3) is 0.385. The van der Waals surface area contributed by atoms with Crippen molar-refractivity contribution in [3.05, 3.63) is 47.5 Å². The summed E-state index contributed by atoms with van der Waals surface area (Å²) >= 11 is 0. The first kappa shape index (κ1) is 12.7. The molecule has 2 rings (SSSR count). The maximum Gasteiger partial charge on any atom is 0.0758 e. The van der Waals surface area contributed by atoms with Crippen LogP contribution in [0.4, 0.5) is 0 Å². The van der Waals surface area contributed by atoms with Crippen LogP contribution in [0, 0.1) is 6.92 Å². The molecule has 1 unspecified atom stereocenters. The Balaban J connectivity index is 2.30. The van der Waals surface area contributed by atoms with E-state index in [1.165, 1.54) is 0 Å². The maximum atomic E-state index is 5.67. The van der Waals surface area contributed by atoms with Gasteiger partial charge in [-0.15, -0.1) is 0 Å². The molecule has 0 saturated heterocycles. The summed E-state index contributed by atoms with van der Waals surface area (Å²) in [6, 6.07) is 3.89. The van der Waals surface area contributed by atoms with E-state index >= 15 is 0 Å². The molecule has 0 radical (unpaired) electrons. The Bertz CT molecular complexity index is 506. The largest absolute Gasteiger partial charge is 0.272 e. The first-order chi connectivity index (χ1) is 8.76. The van der Waals surface area contributed by atoms with Crippen molar-refractivity contribution in [2.75, 3.05) is 0 Å². The molecule has 2 aromatic rings. The number of hydrogen-bond donors (Lipinski definition) is 2. The van der Waals surface area contributed by atoms with Crippen LogP contribution >= 0.6 is 0 Å². The second-order valence-corrected chi connectivity index (χ2v) is 4.31. The van der Waals surface area contributed by atoms with Crippen LogP contribution in [0.1, 0.15) is 36.2 Å². The Morgan fingerprint density at radius 1 is 1.50 bits per heavy atom. The van der Waals surface area contributed by atoms with Gasteiger partial charge in [-0.3, -0.25) is 15.5 Å². The van der Waals surface area contributed by atoms with Crippen molar-refractivity contribution in [1.29, 1.82) is 0 Å². The SMILES string of the molecule is CCCn1cc(C(NN)c2cccnc2C)cn1. The lowest BCUT2D eigenvalue weighted by Gasteiger charge is -2.16. The zero-order valence-electron chi connectivity index (χ0n) is 10.8. The van der Waals surface area contributed by atoms with Crippen molar-refractivity contribution >= 4 is 0 Å². The maximum absolute atomic E-state index is 5.67. The Kier molecular flexibility index (Phi) is 4.07. The van der Waals surface area contributed by atoms with Crippen molar-refractivity contribution in [3.8, 4) is 0 Å². The fourth-order valence-electron chi connectivity index (χ4n) is 2.05. The third-order valence-electron chi connectivity index (χ3n) is 2.96. The van der Waals surface area contributed by atoms with Crippen LogP contribution in [-0.4, -0.2) is 14.8 Å². The molecule has 0 bridgehead atoms. The van der Waals surface area contributed by atoms with Crippen LogP contribution in [0.25, 0.3) is 0 Å². The Morgan fingerprint density at radius 3 is 3.00 bits per heavy atom. The zero-order valence-corrected chi connectivity index (χ0v) is 10.8. The van der Waals surface area contributed by atoms with E-state index in [9.17, 15) is 0 Å². The smallest absolute Gasteiger partial charge is 0.0758 e. The van der Waals surface area contributed by atoms with Gasteiger partial charge in [0.25, 0.3) is 0 Å². The van der Waals surface area contributed by atoms with E-state index < -0.39 is 0 Å². The van der Waals surface area contributed by atoms with E-state index in [-0.39, 0.29) is 6.04 Å². The Labute approximate surface area is 107 Å². The second-order valence-electron chi connectivity index (χ2n) is 4.31. The summed E-state index contributed by atoms with van der Waals surface area (Å²) in [4.78, 5) is 4.29. The molecule has 0 fully saturated rings. The summed E-state index contributed by atoms with van der Waals surface area (Å²) < 4.78 is 1.94. The number of aryl methyl sites for hydroxylation is 2. The highest BCUT2D eigenvalue weighted by molar-refractivity contribution is 5.31. The average molecular weight is 245 g/mol. The molecule has 0 aliphatic carbocycles. The zero-order chi connectivity index (χ0) is 13.0. The lowest BCUT2D eigenvalue weighted by Crippen LogP contribution is -2.29. The van der Waals surface area contributed by atoms with Gasteiger partial charge in [0.2, 0.25) is 0 Å². The topological polar surface area (TPSA) is 68.8 Å². The van der Waals surface area contributed by atoms with Crippen molar-refractivity contribution in [2.45, 2.75) is 32.9 Å². The van der Waals surface area contributed by atoms with Gasteiger partial charge in [-0.05, 0) is 25.0 Å². The van der Waals surface area contributed by atoms with E-state index in [0.29, 0.717) is 0 Å². The molecule has 1 atom stereocenters. The fourth-order valence-corrected chi connectivity index (χ4v) is 2.05. The molecule has 5 heteroatoms. The summed E-state index contributed by atoms with van der Waals surface area (Å²) in [5.41, 5.74) is 5.95. The summed E-state index contributed by atoms with van der Waals surface area (Å²) in [5, 5.41) is 4.33. The highest BCUT2D eigenvalue weighted by atomic mass is 15.3. The first-order valence-electron chi connectivity index (χ1n) is 6.16. The molecular weight excluding hydrogens is 226 g/mol. The van der Waals surface area contributed by atoms with Gasteiger partial charge in [-0.1, -0.05) is 13.0 Å². The lowest BCUT2D eigenvalue weighted by atomic mass is 10.0. The number of nitrogens with zero attached hydrogens (tertiary/aromatic N) is 3. The Hall–Kier alpha value is -1.72. The third-order valence-corrected chi connectivity index (χ3v) is 2.96. The number of aromatic nitrogens is 3. The first-order valence-corrected chi connectivity index (χ1v) is 6.16. The van der Waals surface area contributed by atoms with Gasteiger partial charge in [0.15, 0.2) is 0 Å². The van der Waals surface area contributed by atoms with Crippen LogP contribution in [0.3, 0.4) is 0 Å². The Morgan fingerprint density at radius 2 is 2.33 bits per heavy atom. The van der Waals surface area contributed by atoms with Crippen LogP contribution in [0.15, 0.2) is 30.7 Å². The minimum absolute atomic E-state index is 0.0655. The van der Waals surface area contributed by atoms with Gasteiger partial charge < -0.3 is 0 Å². The lowest BCUT2D eigenvalue weighted by molar-refractivity contribution is 0.597. The van der Waals surface area contributed by atoms with Gasteiger partial charge >= 0.3 is 0 Å². The highest BCUT2D eigenvalue weighted by Gasteiger charge is 2.16. The molecule has 0 saturated carbocycles. The minimum atomic E-state index is -0.0655. The van der Waals surface area contributed by atoms with Crippen LogP contribution < -0.4 is 11.3 Å². The molecule has 96 valence electrons. The van der Waals surface area contributed by atoms with E-state index in [1.54, 1.807) is 6.20 Å². The quantitative estimate of drug-likeness (QED) is 0.619. The van der Waals surface area contributed by atoms with Crippen molar-refractivity contribution in [3.63, 3.8) is 0 Å². The molecule has 3 N–H and O–H groups in total. The summed E-state index contributed by atoms with van der Waals surface area (Å²) in [6.45, 7) is 5.03. The van der Waals surface area contributed by atoms with Gasteiger partial charge in [0.05, 0.1) is 12.2 Å². The average Bonchev–Trinajstić information content (AvgIpc) is 2.82. The molecule has 2 aromatic heterocycles. The second kappa shape index (κ2) is 5.75. The van der Waals surface area contributed by atoms with E-state index in [0.717, 1.165) is 29.8 Å². The molecule has 2 heterocycles. The number of hydrazine groups is 1. The highest BCUT2D eigenvalue weighted by Crippen LogP contribution is 2.22. The number of hydrogen-bond acceptors (Lipinski definition) is 4. The number of rotatable bonds is 5. The van der Waals surface area contributed by atoms with Gasteiger partial charge in [0.1, 0.15) is 0 Å². The minimum Gasteiger partial charge on any atom is -0.272 e. The number of nitrogens with two attached hydrogens (primary N) is 1. The molecule has 0 aliphatic heterocycles. The monoisotopic (exact) mass is 245 g/mol. The predicted octanol–water partition coefficient (Wildman–Crippen LogP) is 1.55. The van der Waals surface area contributed by atoms with Crippen LogP contribution in [-0.2, 0) is 6.54 Å². The van der Waals surface area contributed by atoms with Crippen molar-refractivity contribution in [2.24, 2.45) is 5.84 Å². The molecule has 0 aromatic carbocycles. The number of nitrogens with one attached hydrogen (secondary N) is 1. The normalized spacial score (nSPS) is 12.6. The molecular formula is C13H19N5. The molecule has 0 amide bonds. The van der Waals surface area contributed by atoms with E-state index in [4.69, 9.17) is 5.84 Å². The predicted molar refractivity (Wildman–Crippen MR) is 70.7 cm³/mol. The van der Waals surface area contributed by atoms with Gasteiger partial charge in [-0.2, -0.15) is 5.10 Å². The van der Waals surface area contributed by atoms with E-state index in [2.05, 4.69) is 22.4 Å². The van der Waals surface area contributed by atoms with Gasteiger partial charge in [-0.25, -0.2) is 5.43 Å². The molecule has 18 heavy (non-hydrogen) atoms. The summed E-state index contributed by atoms with van der Waals surface area (Å²) in [7, 11) is 0. The van der Waals surface area contributed by atoms with Crippen LogP contribution in [0.5, 0.6) is 0 Å². The standard InChI is InChI=1S/C13H19N5/c1-3-7-18-9-11(8-16-18)13(17-14)12-5-4-6-15-10(12)2/h4-6,8-9,13,17H,3,7,14H2,1-2H3. The molecule has 0 aliphatic rings. The molecule has 5 nitrogen and oxygen atoms in total. The number of pyridine rings is 1. The van der Waals surface area contributed by atoms with Gasteiger partial charge in [0, 0.05) is 30.2 Å². The summed E-state index contributed by atoms with van der Waals surface area (Å²) in [6.07, 6.45) is 6.73. The third kappa shape index (κ3) is 2.57. The summed E-state index contributed by atoms with van der Waals surface area (Å²) in [5.74, 6) is 5.67. The van der Waals surface area contributed by atoms with Crippen LogP contribution in [0.2, 0.25) is 0 Å². The van der Waals surface area contributed by atoms with E-state index in [1.807, 2.05) is 36.1 Å².